The summed E-state index contributed by atoms with van der Waals surface area (Å²) in [5, 5.41) is 8.46. The van der Waals surface area contributed by atoms with Crippen LogP contribution >= 0.6 is 27.3 Å². The lowest BCUT2D eigenvalue weighted by molar-refractivity contribution is 0.0789. The molecule has 2 aromatic heterocycles. The maximum Gasteiger partial charge on any atom is 0.265 e. The number of aromatic nitrogens is 2. The van der Waals surface area contributed by atoms with Gasteiger partial charge in [0.05, 0.1) is 6.20 Å². The second-order valence-corrected chi connectivity index (χ2v) is 5.14. The average Bonchev–Trinajstić information content (AvgIpc) is 2.88. The van der Waals surface area contributed by atoms with Gasteiger partial charge in [-0.2, -0.15) is 5.10 Å². The number of thiophene rings is 1. The zero-order valence-corrected chi connectivity index (χ0v) is 11.0. The molecule has 2 heterocycles. The highest BCUT2D eigenvalue weighted by molar-refractivity contribution is 9.10. The number of nitrogens with zero attached hydrogens (tertiary/aromatic N) is 2. The molecular formula is C10H10BrN3OS. The number of hydrogen-bond acceptors (Lipinski definition) is 3. The van der Waals surface area contributed by atoms with Crippen LogP contribution in [0, 0.1) is 0 Å². The van der Waals surface area contributed by atoms with Gasteiger partial charge in [-0.1, -0.05) is 0 Å². The molecule has 0 bridgehead atoms. The number of amides is 1. The van der Waals surface area contributed by atoms with Crippen LogP contribution in [-0.2, 0) is 6.54 Å². The molecule has 84 valence electrons. The van der Waals surface area contributed by atoms with Crippen molar-refractivity contribution in [1.29, 1.82) is 0 Å². The number of hydrogen-bond donors (Lipinski definition) is 1. The predicted molar refractivity (Wildman–Crippen MR) is 66.4 cm³/mol. The number of aromatic amines is 1. The number of carbonyl (C=O) groups is 1. The molecule has 0 saturated carbocycles. The fraction of sp³-hybridized carbons (Fsp3) is 0.200. The second kappa shape index (κ2) is 4.80. The van der Waals surface area contributed by atoms with E-state index < -0.39 is 0 Å². The van der Waals surface area contributed by atoms with Crippen LogP contribution in [0.15, 0.2) is 28.3 Å². The first-order valence-corrected chi connectivity index (χ1v) is 6.32. The molecule has 0 unspecified atom stereocenters. The van der Waals surface area contributed by atoms with E-state index in [1.54, 1.807) is 24.3 Å². The molecule has 0 aromatic carbocycles. The highest BCUT2D eigenvalue weighted by atomic mass is 79.9. The number of rotatable bonds is 3. The molecule has 0 aliphatic rings. The van der Waals surface area contributed by atoms with Crippen molar-refractivity contribution < 1.29 is 4.79 Å². The Kier molecular flexibility index (Phi) is 3.40. The summed E-state index contributed by atoms with van der Waals surface area (Å²) in [5.41, 5.74) is 0.989. The van der Waals surface area contributed by atoms with Gasteiger partial charge in [0.2, 0.25) is 0 Å². The van der Waals surface area contributed by atoms with Crippen LogP contribution in [0.4, 0.5) is 0 Å². The summed E-state index contributed by atoms with van der Waals surface area (Å²) in [7, 11) is 1.78. The molecule has 2 aromatic rings. The van der Waals surface area contributed by atoms with Crippen molar-refractivity contribution in [3.63, 3.8) is 0 Å². The molecule has 4 nitrogen and oxygen atoms in total. The molecule has 2 rings (SSSR count). The molecule has 0 atom stereocenters. The molecule has 6 heteroatoms. The lowest BCUT2D eigenvalue weighted by Gasteiger charge is -2.15. The van der Waals surface area contributed by atoms with Crippen molar-refractivity contribution in [2.75, 3.05) is 7.05 Å². The fourth-order valence-electron chi connectivity index (χ4n) is 1.33. The molecule has 0 radical (unpaired) electrons. The lowest BCUT2D eigenvalue weighted by Crippen LogP contribution is -2.25. The summed E-state index contributed by atoms with van der Waals surface area (Å²) in [5.74, 6) is 0.0167. The van der Waals surface area contributed by atoms with Gasteiger partial charge in [0.25, 0.3) is 5.91 Å². The molecule has 16 heavy (non-hydrogen) atoms. The smallest absolute Gasteiger partial charge is 0.265 e. The zero-order chi connectivity index (χ0) is 11.5. The molecule has 1 N–H and O–H groups in total. The third-order valence-corrected chi connectivity index (χ3v) is 3.96. The Bertz CT molecular complexity index is 480. The van der Waals surface area contributed by atoms with Gasteiger partial charge in [0, 0.05) is 29.8 Å². The van der Waals surface area contributed by atoms with Crippen LogP contribution in [0.1, 0.15) is 15.2 Å². The predicted octanol–water partition coefficient (Wildman–Crippen LogP) is 2.51. The van der Waals surface area contributed by atoms with Gasteiger partial charge < -0.3 is 4.90 Å². The lowest BCUT2D eigenvalue weighted by atomic mass is 10.3. The second-order valence-electron chi connectivity index (χ2n) is 3.37. The maximum absolute atomic E-state index is 12.0. The Morgan fingerprint density at radius 3 is 3.06 bits per heavy atom. The standard InChI is InChI=1S/C10H10BrN3OS/c1-14(6-7-4-12-13-5-7)10(15)9-8(11)2-3-16-9/h2-5H,6H2,1H3,(H,12,13). The third-order valence-electron chi connectivity index (χ3n) is 2.13. The van der Waals surface area contributed by atoms with Crippen molar-refractivity contribution in [2.24, 2.45) is 0 Å². The SMILES string of the molecule is CN(Cc1cn[nH]c1)C(=O)c1sccc1Br. The normalized spacial score (nSPS) is 10.4. The van der Waals surface area contributed by atoms with Gasteiger partial charge in [0.1, 0.15) is 4.88 Å². The molecule has 0 saturated heterocycles. The minimum atomic E-state index is 0.0167. The number of nitrogens with one attached hydrogen (secondary N) is 1. The van der Waals surface area contributed by atoms with E-state index in [-0.39, 0.29) is 5.91 Å². The van der Waals surface area contributed by atoms with Gasteiger partial charge in [-0.3, -0.25) is 9.89 Å². The summed E-state index contributed by atoms with van der Waals surface area (Å²) in [6, 6.07) is 1.88. The Labute approximate surface area is 105 Å². The molecule has 0 fully saturated rings. The first kappa shape index (κ1) is 11.3. The first-order chi connectivity index (χ1) is 7.68. The van der Waals surface area contributed by atoms with E-state index in [4.69, 9.17) is 0 Å². The van der Waals surface area contributed by atoms with E-state index in [1.165, 1.54) is 11.3 Å². The third kappa shape index (κ3) is 2.33. The average molecular weight is 300 g/mol. The molecule has 0 aliphatic heterocycles. The van der Waals surface area contributed by atoms with Crippen molar-refractivity contribution in [3.05, 3.63) is 38.8 Å². The Hall–Kier alpha value is -1.14. The molecule has 1 amide bonds. The van der Waals surface area contributed by atoms with Gasteiger partial charge in [-0.15, -0.1) is 11.3 Å². The van der Waals surface area contributed by atoms with E-state index in [0.717, 1.165) is 14.9 Å². The largest absolute Gasteiger partial charge is 0.337 e. The highest BCUT2D eigenvalue weighted by Gasteiger charge is 2.16. The number of H-pyrrole nitrogens is 1. The Morgan fingerprint density at radius 1 is 1.69 bits per heavy atom. The van der Waals surface area contributed by atoms with E-state index in [1.807, 2.05) is 11.4 Å². The Morgan fingerprint density at radius 2 is 2.50 bits per heavy atom. The summed E-state index contributed by atoms with van der Waals surface area (Å²) < 4.78 is 0.849. The van der Waals surface area contributed by atoms with Crippen molar-refractivity contribution in [3.8, 4) is 0 Å². The van der Waals surface area contributed by atoms with Gasteiger partial charge in [-0.25, -0.2) is 0 Å². The first-order valence-electron chi connectivity index (χ1n) is 4.64. The van der Waals surface area contributed by atoms with Gasteiger partial charge in [0.15, 0.2) is 0 Å². The van der Waals surface area contributed by atoms with E-state index in [0.29, 0.717) is 6.54 Å². The highest BCUT2D eigenvalue weighted by Crippen LogP contribution is 2.24. The number of carbonyl (C=O) groups excluding carboxylic acids is 1. The van der Waals surface area contributed by atoms with Crippen LogP contribution in [0.25, 0.3) is 0 Å². The van der Waals surface area contributed by atoms with Crippen LogP contribution < -0.4 is 0 Å². The van der Waals surface area contributed by atoms with E-state index in [9.17, 15) is 4.79 Å². The minimum absolute atomic E-state index is 0.0167. The van der Waals surface area contributed by atoms with Crippen LogP contribution in [-0.4, -0.2) is 28.1 Å². The number of halogens is 1. The van der Waals surface area contributed by atoms with Crippen LogP contribution in [0.3, 0.4) is 0 Å². The molecular weight excluding hydrogens is 290 g/mol. The molecule has 0 spiro atoms. The summed E-state index contributed by atoms with van der Waals surface area (Å²) in [6.45, 7) is 0.555. The molecule has 0 aliphatic carbocycles. The summed E-state index contributed by atoms with van der Waals surface area (Å²) in [6.07, 6.45) is 3.50. The van der Waals surface area contributed by atoms with E-state index in [2.05, 4.69) is 26.1 Å². The topological polar surface area (TPSA) is 49.0 Å². The van der Waals surface area contributed by atoms with Crippen molar-refractivity contribution in [2.45, 2.75) is 6.54 Å². The monoisotopic (exact) mass is 299 g/mol. The maximum atomic E-state index is 12.0. The van der Waals surface area contributed by atoms with Crippen LogP contribution in [0.2, 0.25) is 0 Å². The minimum Gasteiger partial charge on any atom is -0.337 e. The van der Waals surface area contributed by atoms with Gasteiger partial charge in [-0.05, 0) is 27.4 Å². The van der Waals surface area contributed by atoms with Gasteiger partial charge >= 0.3 is 0 Å². The van der Waals surface area contributed by atoms with Crippen molar-refractivity contribution >= 4 is 33.2 Å². The van der Waals surface area contributed by atoms with Crippen LogP contribution in [0.5, 0.6) is 0 Å². The quantitative estimate of drug-likeness (QED) is 0.947. The van der Waals surface area contributed by atoms with E-state index >= 15 is 0 Å². The summed E-state index contributed by atoms with van der Waals surface area (Å²) >= 11 is 4.79. The van der Waals surface area contributed by atoms with Crippen molar-refractivity contribution in [1.82, 2.24) is 15.1 Å². The fourth-order valence-corrected chi connectivity index (χ4v) is 2.86. The summed E-state index contributed by atoms with van der Waals surface area (Å²) in [4.78, 5) is 14.4. The zero-order valence-electron chi connectivity index (χ0n) is 8.61. The Balaban J connectivity index is 2.08.